The van der Waals surface area contributed by atoms with Gasteiger partial charge in [-0.2, -0.15) is 26.3 Å². The Hall–Kier alpha value is -2.46. The van der Waals surface area contributed by atoms with Crippen LogP contribution in [0.25, 0.3) is 0 Å². The van der Waals surface area contributed by atoms with Crippen LogP contribution in [0.5, 0.6) is 0 Å². The van der Waals surface area contributed by atoms with Crippen LogP contribution in [0, 0.1) is 11.3 Å². The lowest BCUT2D eigenvalue weighted by molar-refractivity contribution is -0.193. The molecule has 2 aliphatic rings. The van der Waals surface area contributed by atoms with E-state index in [1.54, 1.807) is 11.3 Å². The number of fused-ring (bicyclic) bond motifs is 1. The van der Waals surface area contributed by atoms with Gasteiger partial charge >= 0.3 is 30.3 Å². The fourth-order valence-electron chi connectivity index (χ4n) is 3.96. The molecule has 206 valence electrons. The van der Waals surface area contributed by atoms with E-state index < -0.39 is 35.7 Å². The van der Waals surface area contributed by atoms with Crippen molar-refractivity contribution in [2.45, 2.75) is 51.6 Å². The second kappa shape index (κ2) is 12.7. The molecule has 1 aromatic rings. The molecule has 3 N–H and O–H groups in total. The number of carboxylic acid groups (broad SMARTS) is 3. The van der Waals surface area contributed by atoms with Crippen LogP contribution >= 0.6 is 11.3 Å². The van der Waals surface area contributed by atoms with Gasteiger partial charge in [-0.1, -0.05) is 0 Å². The van der Waals surface area contributed by atoms with Crippen LogP contribution in [-0.4, -0.2) is 92.6 Å². The van der Waals surface area contributed by atoms with Crippen molar-refractivity contribution in [2.24, 2.45) is 11.3 Å². The van der Waals surface area contributed by atoms with Crippen LogP contribution in [0.2, 0.25) is 0 Å². The van der Waals surface area contributed by atoms with Gasteiger partial charge in [-0.25, -0.2) is 14.6 Å². The number of hydrogen-bond donors (Lipinski definition) is 3. The summed E-state index contributed by atoms with van der Waals surface area (Å²) in [6, 6.07) is 0.413. The van der Waals surface area contributed by atoms with Gasteiger partial charge < -0.3 is 15.3 Å². The van der Waals surface area contributed by atoms with E-state index in [-0.39, 0.29) is 5.92 Å². The molecule has 0 spiro atoms. The fraction of sp³-hybridized carbons (Fsp3) is 0.700. The predicted molar refractivity (Wildman–Crippen MR) is 114 cm³/mol. The quantitative estimate of drug-likeness (QED) is 0.482. The topological polar surface area (TPSA) is 131 Å². The summed E-state index contributed by atoms with van der Waals surface area (Å²) in [5.41, 5.74) is -0.554. The molecule has 36 heavy (non-hydrogen) atoms. The average molecular weight is 552 g/mol. The summed E-state index contributed by atoms with van der Waals surface area (Å²) in [5.74, 6) is -5.90. The van der Waals surface area contributed by atoms with Gasteiger partial charge in [-0.05, 0) is 33.2 Å². The summed E-state index contributed by atoms with van der Waals surface area (Å²) < 4.78 is 63.5. The van der Waals surface area contributed by atoms with E-state index in [9.17, 15) is 36.2 Å². The van der Waals surface area contributed by atoms with Crippen molar-refractivity contribution in [2.75, 3.05) is 26.2 Å². The number of hydrogen-bond acceptors (Lipinski definition) is 7. The highest BCUT2D eigenvalue weighted by molar-refractivity contribution is 7.09. The lowest BCUT2D eigenvalue weighted by Gasteiger charge is -2.29. The van der Waals surface area contributed by atoms with Gasteiger partial charge in [-0.3, -0.25) is 14.6 Å². The molecule has 3 rings (SSSR count). The van der Waals surface area contributed by atoms with Crippen LogP contribution in [0.4, 0.5) is 26.3 Å². The maximum Gasteiger partial charge on any atom is 0.490 e. The zero-order chi connectivity index (χ0) is 27.9. The Bertz CT molecular complexity index is 856. The molecular formula is C20H27F6N3O6S. The van der Waals surface area contributed by atoms with Gasteiger partial charge in [0, 0.05) is 43.2 Å². The van der Waals surface area contributed by atoms with E-state index >= 15 is 0 Å². The Balaban J connectivity index is 0.000000383. The van der Waals surface area contributed by atoms with Crippen LogP contribution in [0.1, 0.15) is 31.7 Å². The predicted octanol–water partition coefficient (Wildman–Crippen LogP) is 3.42. The third-order valence-corrected chi connectivity index (χ3v) is 6.55. The minimum Gasteiger partial charge on any atom is -0.481 e. The molecule has 2 fully saturated rings. The number of halogens is 6. The van der Waals surface area contributed by atoms with Gasteiger partial charge in [0.1, 0.15) is 5.01 Å². The zero-order valence-corrected chi connectivity index (χ0v) is 20.2. The summed E-state index contributed by atoms with van der Waals surface area (Å²) in [6.07, 6.45) is -6.57. The molecule has 0 aliphatic carbocycles. The molecule has 1 aromatic heterocycles. The number of likely N-dealkylation sites (tertiary alicyclic amines) is 2. The maximum atomic E-state index is 12.0. The Kier molecular flexibility index (Phi) is 11.1. The molecule has 0 amide bonds. The number of aromatic nitrogens is 1. The van der Waals surface area contributed by atoms with Gasteiger partial charge in [0.25, 0.3) is 0 Å². The zero-order valence-electron chi connectivity index (χ0n) is 19.3. The minimum atomic E-state index is -5.08. The normalized spacial score (nSPS) is 23.0. The highest BCUT2D eigenvalue weighted by Gasteiger charge is 2.53. The second-order valence-corrected chi connectivity index (χ2v) is 9.53. The molecular weight excluding hydrogens is 524 g/mol. The van der Waals surface area contributed by atoms with E-state index in [0.29, 0.717) is 12.6 Å². The molecule has 2 aliphatic heterocycles. The van der Waals surface area contributed by atoms with Crippen molar-refractivity contribution >= 4 is 29.2 Å². The number of carbonyl (C=O) groups is 3. The summed E-state index contributed by atoms with van der Waals surface area (Å²) in [4.78, 5) is 39.0. The first-order valence-corrected chi connectivity index (χ1v) is 11.5. The third-order valence-electron chi connectivity index (χ3n) is 5.78. The van der Waals surface area contributed by atoms with Crippen LogP contribution in [0.15, 0.2) is 11.6 Å². The standard InChI is InChI=1S/C16H25N3O2S.2C2HF3O2/c1-12(2)19-9-13-8-18(10-14-17-5-7-22-14)6-3-4-16(13,11-19)15(20)21;2*3-2(4,5)1(6)7/h5,7,12-13H,3-4,6,8-11H2,1-2H3,(H,20,21);2*(H,6,7)/t13-,16-;;/m0../s1. The average Bonchev–Trinajstić information content (AvgIpc) is 3.33. The Morgan fingerprint density at radius 3 is 2.00 bits per heavy atom. The number of rotatable bonds is 4. The molecule has 9 nitrogen and oxygen atoms in total. The van der Waals surface area contributed by atoms with Crippen molar-refractivity contribution < 1.29 is 56.0 Å². The van der Waals surface area contributed by atoms with Gasteiger partial charge in [-0.15, -0.1) is 11.3 Å². The number of aliphatic carboxylic acids is 3. The third kappa shape index (κ3) is 9.20. The lowest BCUT2D eigenvalue weighted by Crippen LogP contribution is -2.41. The smallest absolute Gasteiger partial charge is 0.481 e. The first-order chi connectivity index (χ1) is 16.4. The van der Waals surface area contributed by atoms with Crippen LogP contribution in [0.3, 0.4) is 0 Å². The van der Waals surface area contributed by atoms with Crippen LogP contribution < -0.4 is 0 Å². The van der Waals surface area contributed by atoms with Crippen molar-refractivity contribution in [3.63, 3.8) is 0 Å². The molecule has 0 unspecified atom stereocenters. The van der Waals surface area contributed by atoms with Gasteiger partial charge in [0.15, 0.2) is 0 Å². The van der Waals surface area contributed by atoms with Crippen molar-refractivity contribution in [3.05, 3.63) is 16.6 Å². The highest BCUT2D eigenvalue weighted by Crippen LogP contribution is 2.43. The summed E-state index contributed by atoms with van der Waals surface area (Å²) in [7, 11) is 0. The molecule has 2 saturated heterocycles. The van der Waals surface area contributed by atoms with E-state index in [1.807, 2.05) is 11.6 Å². The van der Waals surface area contributed by atoms with Crippen molar-refractivity contribution in [1.29, 1.82) is 0 Å². The van der Waals surface area contributed by atoms with E-state index in [0.717, 1.165) is 44.0 Å². The number of alkyl halides is 6. The largest absolute Gasteiger partial charge is 0.490 e. The minimum absolute atomic E-state index is 0.217. The monoisotopic (exact) mass is 551 g/mol. The molecule has 0 aromatic carbocycles. The summed E-state index contributed by atoms with van der Waals surface area (Å²) in [6.45, 7) is 8.63. The molecule has 0 saturated carbocycles. The van der Waals surface area contributed by atoms with Crippen molar-refractivity contribution in [1.82, 2.24) is 14.8 Å². The highest BCUT2D eigenvalue weighted by atomic mass is 32.1. The first kappa shape index (κ1) is 31.6. The molecule has 0 bridgehead atoms. The number of thiazole rings is 1. The summed E-state index contributed by atoms with van der Waals surface area (Å²) in [5, 5.41) is 27.3. The fourth-order valence-corrected chi connectivity index (χ4v) is 4.62. The summed E-state index contributed by atoms with van der Waals surface area (Å²) >= 11 is 1.68. The Morgan fingerprint density at radius 2 is 1.61 bits per heavy atom. The van der Waals surface area contributed by atoms with Gasteiger partial charge in [0.05, 0.1) is 12.0 Å². The first-order valence-electron chi connectivity index (χ1n) is 10.6. The molecule has 0 radical (unpaired) electrons. The molecule has 2 atom stereocenters. The Morgan fingerprint density at radius 1 is 1.08 bits per heavy atom. The van der Waals surface area contributed by atoms with Crippen molar-refractivity contribution in [3.8, 4) is 0 Å². The molecule has 3 heterocycles. The van der Waals surface area contributed by atoms with Gasteiger partial charge in [0.2, 0.25) is 0 Å². The van der Waals surface area contributed by atoms with Crippen LogP contribution in [-0.2, 0) is 20.9 Å². The second-order valence-electron chi connectivity index (χ2n) is 8.55. The lowest BCUT2D eigenvalue weighted by atomic mass is 9.75. The number of nitrogens with zero attached hydrogens (tertiary/aromatic N) is 3. The SMILES string of the molecule is CC(C)N1C[C@@H]2CN(Cc3nccs3)CCC[C@]2(C(=O)O)C1.O=C(O)C(F)(F)F.O=C(O)C(F)(F)F. The number of carboxylic acids is 3. The van der Waals surface area contributed by atoms with E-state index in [2.05, 4.69) is 28.6 Å². The molecule has 16 heteroatoms. The Labute approximate surface area is 206 Å². The van der Waals surface area contributed by atoms with E-state index in [1.165, 1.54) is 0 Å². The van der Waals surface area contributed by atoms with E-state index in [4.69, 9.17) is 19.8 Å². The maximum absolute atomic E-state index is 12.0.